The zero-order valence-corrected chi connectivity index (χ0v) is 13.2. The van der Waals surface area contributed by atoms with Gasteiger partial charge < -0.3 is 5.32 Å². The van der Waals surface area contributed by atoms with Crippen molar-refractivity contribution in [2.45, 2.75) is 32.9 Å². The molecule has 6 heteroatoms. The molecule has 0 aliphatic carbocycles. The summed E-state index contributed by atoms with van der Waals surface area (Å²) in [5.41, 5.74) is 4.16. The molecule has 0 spiro atoms. The first-order valence-electron chi connectivity index (χ1n) is 5.94. The van der Waals surface area contributed by atoms with E-state index in [4.69, 9.17) is 0 Å². The van der Waals surface area contributed by atoms with Crippen molar-refractivity contribution in [3.63, 3.8) is 0 Å². The second kappa shape index (κ2) is 5.95. The van der Waals surface area contributed by atoms with Gasteiger partial charge in [-0.25, -0.2) is 0 Å². The maximum absolute atomic E-state index is 4.53. The maximum Gasteiger partial charge on any atom is 0.0794 e. The van der Waals surface area contributed by atoms with Gasteiger partial charge in [0.25, 0.3) is 0 Å². The lowest BCUT2D eigenvalue weighted by Gasteiger charge is -2.15. The first-order chi connectivity index (χ1) is 8.67. The fourth-order valence-corrected chi connectivity index (χ4v) is 3.18. The van der Waals surface area contributed by atoms with Crippen LogP contribution in [0.15, 0.2) is 16.2 Å². The van der Waals surface area contributed by atoms with E-state index >= 15 is 0 Å². The molecule has 0 saturated carbocycles. The van der Waals surface area contributed by atoms with Gasteiger partial charge in [-0.1, -0.05) is 0 Å². The van der Waals surface area contributed by atoms with E-state index in [1.165, 1.54) is 10.6 Å². The number of rotatable bonds is 5. The molecule has 1 N–H and O–H groups in total. The Kier molecular flexibility index (Phi) is 4.53. The van der Waals surface area contributed by atoms with Gasteiger partial charge in [-0.15, -0.1) is 11.3 Å². The summed E-state index contributed by atoms with van der Waals surface area (Å²) in [7, 11) is 1.98. The minimum absolute atomic E-state index is 0.287. The molecule has 0 aliphatic rings. The average molecular weight is 329 g/mol. The van der Waals surface area contributed by atoms with Crippen LogP contribution >= 0.6 is 27.3 Å². The molecule has 0 aliphatic heterocycles. The number of nitrogens with one attached hydrogen (secondary N) is 1. The van der Waals surface area contributed by atoms with Gasteiger partial charge in [0, 0.05) is 30.1 Å². The molecule has 2 aromatic heterocycles. The van der Waals surface area contributed by atoms with Gasteiger partial charge in [0.1, 0.15) is 0 Å². The van der Waals surface area contributed by atoms with E-state index in [-0.39, 0.29) is 6.04 Å². The molecule has 2 heterocycles. The highest BCUT2D eigenvalue weighted by Gasteiger charge is 2.18. The van der Waals surface area contributed by atoms with Crippen LogP contribution in [0.3, 0.4) is 0 Å². The highest BCUT2D eigenvalue weighted by Crippen LogP contribution is 2.27. The molecular weight excluding hydrogens is 312 g/mol. The van der Waals surface area contributed by atoms with Crippen molar-refractivity contribution >= 4 is 27.3 Å². The lowest BCUT2D eigenvalue weighted by atomic mass is 10.1. The predicted molar refractivity (Wildman–Crippen MR) is 78.0 cm³/mol. The molecule has 0 fully saturated rings. The Morgan fingerprint density at radius 3 is 2.89 bits per heavy atom. The predicted octanol–water partition coefficient (Wildman–Crippen LogP) is 2.93. The Labute approximate surface area is 120 Å². The number of nitrogens with zero attached hydrogens (tertiary/aromatic N) is 3. The third-order valence-corrected chi connectivity index (χ3v) is 4.91. The molecule has 98 valence electrons. The zero-order chi connectivity index (χ0) is 13.1. The van der Waals surface area contributed by atoms with Crippen LogP contribution in [0.4, 0.5) is 0 Å². The Bertz CT molecular complexity index is 506. The van der Waals surface area contributed by atoms with Crippen molar-refractivity contribution in [1.29, 1.82) is 0 Å². The van der Waals surface area contributed by atoms with Gasteiger partial charge in [-0.05, 0) is 36.8 Å². The van der Waals surface area contributed by atoms with Crippen LogP contribution in [0.1, 0.15) is 29.2 Å². The summed E-state index contributed by atoms with van der Waals surface area (Å²) in [4.78, 5) is 5.40. The normalized spacial score (nSPS) is 12.9. The van der Waals surface area contributed by atoms with Gasteiger partial charge in [0.15, 0.2) is 0 Å². The highest BCUT2D eigenvalue weighted by atomic mass is 79.9. The number of aromatic nitrogens is 3. The van der Waals surface area contributed by atoms with Crippen LogP contribution in [0, 0.1) is 6.92 Å². The molecule has 0 saturated heterocycles. The Hall–Kier alpha value is -0.720. The number of likely N-dealkylation sites (N-methyl/N-ethyl adjacent to an activating group) is 1. The van der Waals surface area contributed by atoms with E-state index in [0.717, 1.165) is 23.1 Å². The van der Waals surface area contributed by atoms with Gasteiger partial charge in [-0.2, -0.15) is 5.10 Å². The van der Waals surface area contributed by atoms with Gasteiger partial charge >= 0.3 is 0 Å². The van der Waals surface area contributed by atoms with Gasteiger partial charge in [-0.3, -0.25) is 9.67 Å². The molecule has 1 atom stereocenters. The molecule has 1 unspecified atom stereocenters. The second-order valence-corrected chi connectivity index (χ2v) is 5.82. The van der Waals surface area contributed by atoms with Gasteiger partial charge in [0.2, 0.25) is 0 Å². The van der Waals surface area contributed by atoms with E-state index in [1.54, 1.807) is 11.3 Å². The highest BCUT2D eigenvalue weighted by molar-refractivity contribution is 9.10. The third kappa shape index (κ3) is 2.65. The Balaban J connectivity index is 2.27. The van der Waals surface area contributed by atoms with Crippen LogP contribution < -0.4 is 5.32 Å². The van der Waals surface area contributed by atoms with Gasteiger partial charge in [0.05, 0.1) is 21.4 Å². The maximum atomic E-state index is 4.53. The van der Waals surface area contributed by atoms with Crippen molar-refractivity contribution in [3.8, 4) is 0 Å². The number of hydrogen-bond acceptors (Lipinski definition) is 4. The third-order valence-electron chi connectivity index (χ3n) is 2.99. The zero-order valence-electron chi connectivity index (χ0n) is 10.8. The summed E-state index contributed by atoms with van der Waals surface area (Å²) in [5.74, 6) is 0. The summed E-state index contributed by atoms with van der Waals surface area (Å²) in [6, 6.07) is 0.287. The number of hydrogen-bond donors (Lipinski definition) is 1. The van der Waals surface area contributed by atoms with E-state index in [1.807, 2.05) is 25.7 Å². The fourth-order valence-electron chi connectivity index (χ4n) is 2.00. The minimum Gasteiger partial charge on any atom is -0.312 e. The quantitative estimate of drug-likeness (QED) is 0.917. The SMILES string of the molecule is CCn1nc(C)c(Br)c1CC(NC)c1cncs1. The van der Waals surface area contributed by atoms with Crippen LogP contribution in [0.25, 0.3) is 0 Å². The molecule has 0 aromatic carbocycles. The summed E-state index contributed by atoms with van der Waals surface area (Å²) in [5, 5.41) is 7.88. The van der Waals surface area contributed by atoms with Crippen LogP contribution in [-0.4, -0.2) is 21.8 Å². The molecule has 4 nitrogen and oxygen atoms in total. The number of aryl methyl sites for hydroxylation is 2. The summed E-state index contributed by atoms with van der Waals surface area (Å²) in [6.07, 6.45) is 2.84. The Morgan fingerprint density at radius 2 is 2.33 bits per heavy atom. The minimum atomic E-state index is 0.287. The number of halogens is 1. The van der Waals surface area contributed by atoms with E-state index in [2.05, 4.69) is 42.9 Å². The lowest BCUT2D eigenvalue weighted by molar-refractivity contribution is 0.545. The number of thiazole rings is 1. The molecule has 2 aromatic rings. The first kappa shape index (κ1) is 13.7. The van der Waals surface area contributed by atoms with Crippen LogP contribution in [0.2, 0.25) is 0 Å². The summed E-state index contributed by atoms with van der Waals surface area (Å²) in [6.45, 7) is 5.03. The monoisotopic (exact) mass is 328 g/mol. The van der Waals surface area contributed by atoms with Crippen LogP contribution in [-0.2, 0) is 13.0 Å². The second-order valence-electron chi connectivity index (χ2n) is 4.11. The van der Waals surface area contributed by atoms with E-state index in [9.17, 15) is 0 Å². The van der Waals surface area contributed by atoms with Crippen molar-refractivity contribution < 1.29 is 0 Å². The standard InChI is InChI=1S/C12H17BrN4S/c1-4-17-10(12(13)8(2)16-17)5-9(14-3)11-6-15-7-18-11/h6-7,9,14H,4-5H2,1-3H3. The largest absolute Gasteiger partial charge is 0.312 e. The van der Waals surface area contributed by atoms with E-state index in [0.29, 0.717) is 0 Å². The smallest absolute Gasteiger partial charge is 0.0794 e. The average Bonchev–Trinajstić information content (AvgIpc) is 2.98. The Morgan fingerprint density at radius 1 is 1.56 bits per heavy atom. The fraction of sp³-hybridized carbons (Fsp3) is 0.500. The van der Waals surface area contributed by atoms with Crippen molar-refractivity contribution in [2.24, 2.45) is 0 Å². The van der Waals surface area contributed by atoms with Crippen LogP contribution in [0.5, 0.6) is 0 Å². The topological polar surface area (TPSA) is 42.7 Å². The summed E-state index contributed by atoms with van der Waals surface area (Å²) < 4.78 is 3.18. The molecular formula is C12H17BrN4S. The molecule has 0 bridgehead atoms. The lowest BCUT2D eigenvalue weighted by Crippen LogP contribution is -2.19. The van der Waals surface area contributed by atoms with Crippen molar-refractivity contribution in [3.05, 3.63) is 32.4 Å². The van der Waals surface area contributed by atoms with Crippen molar-refractivity contribution in [2.75, 3.05) is 7.05 Å². The first-order valence-corrected chi connectivity index (χ1v) is 7.62. The summed E-state index contributed by atoms with van der Waals surface area (Å²) >= 11 is 5.32. The molecule has 0 amide bonds. The van der Waals surface area contributed by atoms with Crippen molar-refractivity contribution in [1.82, 2.24) is 20.1 Å². The molecule has 2 rings (SSSR count). The van der Waals surface area contributed by atoms with E-state index < -0.39 is 0 Å². The molecule has 18 heavy (non-hydrogen) atoms. The molecule has 0 radical (unpaired) electrons.